The van der Waals surface area contributed by atoms with Gasteiger partial charge in [0.05, 0.1) is 16.0 Å². The van der Waals surface area contributed by atoms with Crippen LogP contribution >= 0.6 is 11.6 Å². The minimum absolute atomic E-state index is 0.0710. The lowest BCUT2D eigenvalue weighted by molar-refractivity contribution is -0.385. The van der Waals surface area contributed by atoms with Crippen LogP contribution in [0.15, 0.2) is 24.5 Å². The van der Waals surface area contributed by atoms with Gasteiger partial charge >= 0.3 is 5.69 Å². The lowest BCUT2D eigenvalue weighted by Crippen LogP contribution is -2.10. The number of nitrogens with one attached hydrogen (secondary N) is 1. The first-order valence-corrected chi connectivity index (χ1v) is 6.64. The number of ether oxygens (including phenoxy) is 1. The SMILES string of the molecule is CC(C)Oc1ncnc(Nc2ccc(F)c(Cl)c2)c1[N+](=O)[O-]. The molecule has 116 valence electrons. The molecular formula is C13H12ClFN4O3. The standard InChI is InChI=1S/C13H12ClFN4O3/c1-7(2)22-13-11(19(20)21)12(16-6-17-13)18-8-3-4-10(15)9(14)5-8/h3-7H,1-2H3,(H,16,17,18). The molecule has 1 heterocycles. The largest absolute Gasteiger partial charge is 0.470 e. The second-order valence-electron chi connectivity index (χ2n) is 4.55. The maximum Gasteiger partial charge on any atom is 0.373 e. The zero-order chi connectivity index (χ0) is 16.3. The summed E-state index contributed by atoms with van der Waals surface area (Å²) in [6.45, 7) is 3.44. The van der Waals surface area contributed by atoms with Crippen molar-refractivity contribution in [2.45, 2.75) is 20.0 Å². The van der Waals surface area contributed by atoms with Crippen LogP contribution in [0.25, 0.3) is 0 Å². The molecule has 0 fully saturated rings. The summed E-state index contributed by atoms with van der Waals surface area (Å²) >= 11 is 5.68. The van der Waals surface area contributed by atoms with Crippen LogP contribution in [0.3, 0.4) is 0 Å². The smallest absolute Gasteiger partial charge is 0.373 e. The van der Waals surface area contributed by atoms with Crippen molar-refractivity contribution in [2.24, 2.45) is 0 Å². The van der Waals surface area contributed by atoms with Gasteiger partial charge in [-0.25, -0.2) is 9.37 Å². The van der Waals surface area contributed by atoms with Gasteiger partial charge < -0.3 is 10.1 Å². The van der Waals surface area contributed by atoms with Crippen molar-refractivity contribution in [2.75, 3.05) is 5.32 Å². The number of nitro groups is 1. The Bertz CT molecular complexity index is 712. The molecule has 0 amide bonds. The summed E-state index contributed by atoms with van der Waals surface area (Å²) in [6.07, 6.45) is 0.847. The second-order valence-corrected chi connectivity index (χ2v) is 4.96. The third kappa shape index (κ3) is 3.59. The van der Waals surface area contributed by atoms with Gasteiger partial charge in [-0.1, -0.05) is 11.6 Å². The second kappa shape index (κ2) is 6.52. The minimum atomic E-state index is -0.648. The molecule has 2 aromatic rings. The van der Waals surface area contributed by atoms with E-state index in [1.54, 1.807) is 13.8 Å². The number of hydrogen-bond donors (Lipinski definition) is 1. The van der Waals surface area contributed by atoms with Gasteiger partial charge in [0, 0.05) is 5.69 Å². The number of nitrogens with zero attached hydrogens (tertiary/aromatic N) is 3. The highest BCUT2D eigenvalue weighted by Gasteiger charge is 2.25. The molecule has 0 bridgehead atoms. The molecule has 0 saturated heterocycles. The van der Waals surface area contributed by atoms with E-state index >= 15 is 0 Å². The van der Waals surface area contributed by atoms with E-state index in [0.717, 1.165) is 12.4 Å². The Morgan fingerprint density at radius 1 is 1.41 bits per heavy atom. The Morgan fingerprint density at radius 2 is 2.14 bits per heavy atom. The van der Waals surface area contributed by atoms with E-state index in [4.69, 9.17) is 16.3 Å². The van der Waals surface area contributed by atoms with Crippen molar-refractivity contribution in [1.29, 1.82) is 0 Å². The van der Waals surface area contributed by atoms with Gasteiger partial charge in [0.25, 0.3) is 5.88 Å². The van der Waals surface area contributed by atoms with Gasteiger partial charge in [-0.2, -0.15) is 4.98 Å². The predicted octanol–water partition coefficient (Wildman–Crippen LogP) is 3.71. The van der Waals surface area contributed by atoms with E-state index < -0.39 is 16.4 Å². The highest BCUT2D eigenvalue weighted by atomic mass is 35.5. The lowest BCUT2D eigenvalue weighted by Gasteiger charge is -2.11. The van der Waals surface area contributed by atoms with E-state index in [9.17, 15) is 14.5 Å². The van der Waals surface area contributed by atoms with Crippen molar-refractivity contribution in [1.82, 2.24) is 9.97 Å². The maximum atomic E-state index is 13.1. The van der Waals surface area contributed by atoms with Crippen LogP contribution < -0.4 is 10.1 Å². The van der Waals surface area contributed by atoms with E-state index in [1.807, 2.05) is 0 Å². The average molecular weight is 327 g/mol. The van der Waals surface area contributed by atoms with Crippen LogP contribution in [0.1, 0.15) is 13.8 Å². The number of hydrogen-bond acceptors (Lipinski definition) is 6. The monoisotopic (exact) mass is 326 g/mol. The first-order valence-electron chi connectivity index (χ1n) is 6.26. The summed E-state index contributed by atoms with van der Waals surface area (Å²) in [5.74, 6) is -0.808. The first kappa shape index (κ1) is 15.9. The van der Waals surface area contributed by atoms with Gasteiger partial charge in [-0.15, -0.1) is 0 Å². The fourth-order valence-corrected chi connectivity index (χ4v) is 1.82. The summed E-state index contributed by atoms with van der Waals surface area (Å²) < 4.78 is 18.4. The Balaban J connectivity index is 2.41. The lowest BCUT2D eigenvalue weighted by atomic mass is 10.3. The van der Waals surface area contributed by atoms with Gasteiger partial charge in [0.1, 0.15) is 12.1 Å². The molecule has 2 rings (SSSR count). The average Bonchev–Trinajstić information content (AvgIpc) is 2.42. The van der Waals surface area contributed by atoms with Crippen LogP contribution in [0.2, 0.25) is 5.02 Å². The number of rotatable bonds is 5. The third-order valence-corrected chi connectivity index (χ3v) is 2.79. The van der Waals surface area contributed by atoms with Gasteiger partial charge in [-0.05, 0) is 32.0 Å². The van der Waals surface area contributed by atoms with Crippen LogP contribution in [-0.2, 0) is 0 Å². The van der Waals surface area contributed by atoms with Crippen LogP contribution in [0.5, 0.6) is 5.88 Å². The Kier molecular flexibility index (Phi) is 4.71. The molecule has 0 unspecified atom stereocenters. The molecule has 9 heteroatoms. The molecule has 0 aliphatic carbocycles. The fraction of sp³-hybridized carbons (Fsp3) is 0.231. The number of anilines is 2. The van der Waals surface area contributed by atoms with Crippen molar-refractivity contribution < 1.29 is 14.1 Å². The Morgan fingerprint density at radius 3 is 2.73 bits per heavy atom. The van der Waals surface area contributed by atoms with E-state index in [2.05, 4.69) is 15.3 Å². The molecule has 22 heavy (non-hydrogen) atoms. The quantitative estimate of drug-likeness (QED) is 0.665. The topological polar surface area (TPSA) is 90.2 Å². The van der Waals surface area contributed by atoms with E-state index in [0.29, 0.717) is 5.69 Å². The van der Waals surface area contributed by atoms with Crippen LogP contribution in [0, 0.1) is 15.9 Å². The third-order valence-electron chi connectivity index (χ3n) is 2.50. The summed E-state index contributed by atoms with van der Waals surface area (Å²) in [5, 5.41) is 13.9. The van der Waals surface area contributed by atoms with Gasteiger partial charge in [-0.3, -0.25) is 10.1 Å². The molecular weight excluding hydrogens is 315 g/mol. The molecule has 1 N–H and O–H groups in total. The Labute approximate surface area is 130 Å². The molecule has 1 aromatic carbocycles. The van der Waals surface area contributed by atoms with Crippen LogP contribution in [0.4, 0.5) is 21.6 Å². The molecule has 0 saturated carbocycles. The van der Waals surface area contributed by atoms with Crippen molar-refractivity contribution in [3.05, 3.63) is 45.5 Å². The molecule has 1 aromatic heterocycles. The number of halogens is 2. The van der Waals surface area contributed by atoms with Crippen LogP contribution in [-0.4, -0.2) is 21.0 Å². The van der Waals surface area contributed by atoms with Crippen molar-refractivity contribution in [3.8, 4) is 5.88 Å². The van der Waals surface area contributed by atoms with E-state index in [1.165, 1.54) is 12.1 Å². The predicted molar refractivity (Wildman–Crippen MR) is 79.1 cm³/mol. The zero-order valence-electron chi connectivity index (χ0n) is 11.7. The number of benzene rings is 1. The van der Waals surface area contributed by atoms with Gasteiger partial charge in [0.2, 0.25) is 5.82 Å². The molecule has 0 spiro atoms. The summed E-state index contributed by atoms with van der Waals surface area (Å²) in [7, 11) is 0. The maximum absolute atomic E-state index is 13.1. The Hall–Kier alpha value is -2.48. The summed E-state index contributed by atoms with van der Waals surface area (Å²) in [4.78, 5) is 18.2. The first-order chi connectivity index (χ1) is 10.4. The highest BCUT2D eigenvalue weighted by molar-refractivity contribution is 6.31. The van der Waals surface area contributed by atoms with Gasteiger partial charge in [0.15, 0.2) is 0 Å². The highest BCUT2D eigenvalue weighted by Crippen LogP contribution is 2.33. The fourth-order valence-electron chi connectivity index (χ4n) is 1.64. The van der Waals surface area contributed by atoms with E-state index in [-0.39, 0.29) is 22.8 Å². The summed E-state index contributed by atoms with van der Waals surface area (Å²) in [5.41, 5.74) is -0.0552. The molecule has 0 aliphatic heterocycles. The molecule has 7 nitrogen and oxygen atoms in total. The summed E-state index contributed by atoms with van der Waals surface area (Å²) in [6, 6.07) is 3.82. The minimum Gasteiger partial charge on any atom is -0.470 e. The van der Waals surface area contributed by atoms with Crippen molar-refractivity contribution in [3.63, 3.8) is 0 Å². The number of aromatic nitrogens is 2. The molecule has 0 atom stereocenters. The molecule has 0 radical (unpaired) electrons. The van der Waals surface area contributed by atoms with Crippen molar-refractivity contribution >= 4 is 28.8 Å². The molecule has 0 aliphatic rings. The normalized spacial score (nSPS) is 10.6. The zero-order valence-corrected chi connectivity index (χ0v) is 12.5.